The summed E-state index contributed by atoms with van der Waals surface area (Å²) >= 11 is 0. The lowest BCUT2D eigenvalue weighted by molar-refractivity contribution is -0.126. The van der Waals surface area contributed by atoms with E-state index in [2.05, 4.69) is 17.2 Å². The predicted molar refractivity (Wildman–Crippen MR) is 104 cm³/mol. The first-order chi connectivity index (χ1) is 12.8. The van der Waals surface area contributed by atoms with E-state index in [1.807, 2.05) is 84.9 Å². The maximum atomic E-state index is 12.6. The number of rotatable bonds is 4. The first-order valence-electron chi connectivity index (χ1n) is 8.32. The van der Waals surface area contributed by atoms with Crippen LogP contribution < -0.4 is 5.32 Å². The van der Waals surface area contributed by atoms with Gasteiger partial charge in [0.2, 0.25) is 0 Å². The van der Waals surface area contributed by atoms with Gasteiger partial charge in [-0.2, -0.15) is 0 Å². The molecule has 1 amide bonds. The highest BCUT2D eigenvalue weighted by Gasteiger charge is 2.19. The molecule has 0 aromatic heterocycles. The van der Waals surface area contributed by atoms with E-state index >= 15 is 0 Å². The topological polar surface area (TPSA) is 38.3 Å². The SMILES string of the molecule is COC(C(=O)Nc1cccc(C#Cc2ccccc2)c1)c1ccccc1. The van der Waals surface area contributed by atoms with Gasteiger partial charge in [-0.15, -0.1) is 0 Å². The van der Waals surface area contributed by atoms with Gasteiger partial charge in [-0.25, -0.2) is 0 Å². The van der Waals surface area contributed by atoms with Crippen LogP contribution in [0.1, 0.15) is 22.8 Å². The van der Waals surface area contributed by atoms with E-state index in [0.29, 0.717) is 5.69 Å². The van der Waals surface area contributed by atoms with Crippen molar-refractivity contribution in [3.8, 4) is 11.8 Å². The third-order valence-corrected chi connectivity index (χ3v) is 3.83. The Balaban J connectivity index is 1.74. The van der Waals surface area contributed by atoms with Crippen LogP contribution in [0.3, 0.4) is 0 Å². The molecule has 0 fully saturated rings. The Kier molecular flexibility index (Phi) is 5.82. The van der Waals surface area contributed by atoms with Gasteiger partial charge in [0.15, 0.2) is 6.10 Å². The van der Waals surface area contributed by atoms with Gasteiger partial charge in [0.05, 0.1) is 0 Å². The van der Waals surface area contributed by atoms with Gasteiger partial charge >= 0.3 is 0 Å². The molecule has 0 aliphatic rings. The summed E-state index contributed by atoms with van der Waals surface area (Å²) < 4.78 is 5.37. The number of amides is 1. The second-order valence-electron chi connectivity index (χ2n) is 5.71. The molecule has 0 radical (unpaired) electrons. The Morgan fingerprint density at radius 3 is 2.15 bits per heavy atom. The van der Waals surface area contributed by atoms with Crippen LogP contribution in [0.25, 0.3) is 0 Å². The van der Waals surface area contributed by atoms with E-state index in [1.54, 1.807) is 0 Å². The van der Waals surface area contributed by atoms with Crippen molar-refractivity contribution in [2.24, 2.45) is 0 Å². The van der Waals surface area contributed by atoms with Gasteiger partial charge < -0.3 is 10.1 Å². The van der Waals surface area contributed by atoms with E-state index in [4.69, 9.17) is 4.74 Å². The first kappa shape index (κ1) is 17.5. The van der Waals surface area contributed by atoms with Gasteiger partial charge in [-0.3, -0.25) is 4.79 Å². The minimum absolute atomic E-state index is 0.216. The molecule has 3 rings (SSSR count). The quantitative estimate of drug-likeness (QED) is 0.714. The number of benzene rings is 3. The third kappa shape index (κ3) is 4.60. The Bertz CT molecular complexity index is 924. The number of ether oxygens (including phenoxy) is 1. The average molecular weight is 341 g/mol. The molecule has 1 N–H and O–H groups in total. The average Bonchev–Trinajstić information content (AvgIpc) is 2.69. The van der Waals surface area contributed by atoms with Crippen molar-refractivity contribution >= 4 is 11.6 Å². The fourth-order valence-corrected chi connectivity index (χ4v) is 2.57. The summed E-state index contributed by atoms with van der Waals surface area (Å²) in [7, 11) is 1.53. The monoisotopic (exact) mass is 341 g/mol. The van der Waals surface area contributed by atoms with Crippen molar-refractivity contribution in [2.75, 3.05) is 12.4 Å². The summed E-state index contributed by atoms with van der Waals surface area (Å²) in [6, 6.07) is 26.7. The van der Waals surface area contributed by atoms with Crippen LogP contribution >= 0.6 is 0 Å². The summed E-state index contributed by atoms with van der Waals surface area (Å²) in [4.78, 5) is 12.6. The first-order valence-corrected chi connectivity index (χ1v) is 8.32. The number of carbonyl (C=O) groups excluding carboxylic acids is 1. The van der Waals surface area contributed by atoms with E-state index in [-0.39, 0.29) is 5.91 Å². The summed E-state index contributed by atoms with van der Waals surface area (Å²) in [6.45, 7) is 0. The van der Waals surface area contributed by atoms with Gasteiger partial charge in [-0.05, 0) is 35.9 Å². The lowest BCUT2D eigenvalue weighted by Gasteiger charge is -2.15. The van der Waals surface area contributed by atoms with Crippen LogP contribution in [0, 0.1) is 11.8 Å². The number of anilines is 1. The molecule has 0 heterocycles. The molecule has 0 spiro atoms. The molecule has 0 aliphatic carbocycles. The molecule has 3 aromatic rings. The van der Waals surface area contributed by atoms with Crippen molar-refractivity contribution in [1.82, 2.24) is 0 Å². The van der Waals surface area contributed by atoms with Crippen molar-refractivity contribution < 1.29 is 9.53 Å². The van der Waals surface area contributed by atoms with Crippen molar-refractivity contribution in [2.45, 2.75) is 6.10 Å². The molecule has 3 nitrogen and oxygen atoms in total. The van der Waals surface area contributed by atoms with E-state index in [1.165, 1.54) is 7.11 Å². The molecule has 3 aromatic carbocycles. The number of nitrogens with one attached hydrogen (secondary N) is 1. The molecule has 1 unspecified atom stereocenters. The molecule has 1 atom stereocenters. The van der Waals surface area contributed by atoms with Crippen LogP contribution in [0.5, 0.6) is 0 Å². The lowest BCUT2D eigenvalue weighted by Crippen LogP contribution is -2.22. The Morgan fingerprint density at radius 1 is 0.846 bits per heavy atom. The van der Waals surface area contributed by atoms with E-state index < -0.39 is 6.10 Å². The van der Waals surface area contributed by atoms with Crippen molar-refractivity contribution in [1.29, 1.82) is 0 Å². The minimum atomic E-state index is -0.657. The Labute approximate surface area is 153 Å². The Morgan fingerprint density at radius 2 is 1.46 bits per heavy atom. The van der Waals surface area contributed by atoms with Crippen molar-refractivity contribution in [3.63, 3.8) is 0 Å². The molecule has 3 heteroatoms. The van der Waals surface area contributed by atoms with Crippen LogP contribution in [0.15, 0.2) is 84.9 Å². The fraction of sp³-hybridized carbons (Fsp3) is 0.0870. The number of carbonyl (C=O) groups is 1. The maximum absolute atomic E-state index is 12.6. The number of hydrogen-bond donors (Lipinski definition) is 1. The van der Waals surface area contributed by atoms with Gasteiger partial charge in [-0.1, -0.05) is 66.4 Å². The van der Waals surface area contributed by atoms with Crippen LogP contribution in [-0.4, -0.2) is 13.0 Å². The normalized spacial score (nSPS) is 11.1. The molecule has 26 heavy (non-hydrogen) atoms. The van der Waals surface area contributed by atoms with Gasteiger partial charge in [0.25, 0.3) is 5.91 Å². The Hall–Kier alpha value is -3.35. The molecular formula is C23H19NO2. The lowest BCUT2D eigenvalue weighted by atomic mass is 10.1. The highest BCUT2D eigenvalue weighted by atomic mass is 16.5. The molecule has 0 aliphatic heterocycles. The molecule has 128 valence electrons. The fourth-order valence-electron chi connectivity index (χ4n) is 2.57. The van der Waals surface area contributed by atoms with E-state index in [9.17, 15) is 4.79 Å². The third-order valence-electron chi connectivity index (χ3n) is 3.83. The molecule has 0 saturated heterocycles. The zero-order valence-electron chi connectivity index (χ0n) is 14.5. The smallest absolute Gasteiger partial charge is 0.258 e. The number of hydrogen-bond acceptors (Lipinski definition) is 2. The molecule has 0 saturated carbocycles. The minimum Gasteiger partial charge on any atom is -0.367 e. The molecule has 0 bridgehead atoms. The number of methoxy groups -OCH3 is 1. The van der Waals surface area contributed by atoms with Crippen molar-refractivity contribution in [3.05, 3.63) is 102 Å². The summed E-state index contributed by atoms with van der Waals surface area (Å²) in [5.74, 6) is 6.01. The highest BCUT2D eigenvalue weighted by molar-refractivity contribution is 5.95. The predicted octanol–water partition coefficient (Wildman–Crippen LogP) is 4.41. The van der Waals surface area contributed by atoms with Gasteiger partial charge in [0.1, 0.15) is 0 Å². The zero-order chi connectivity index (χ0) is 18.2. The standard InChI is InChI=1S/C23H19NO2/c1-26-22(20-12-6-3-7-13-20)23(25)24-21-14-8-11-19(17-21)16-15-18-9-4-2-5-10-18/h2-14,17,22H,1H3,(H,24,25). The van der Waals surface area contributed by atoms with E-state index in [0.717, 1.165) is 16.7 Å². The molecular weight excluding hydrogens is 322 g/mol. The zero-order valence-corrected chi connectivity index (χ0v) is 14.5. The second-order valence-corrected chi connectivity index (χ2v) is 5.71. The summed E-state index contributed by atoms with van der Waals surface area (Å²) in [5.41, 5.74) is 3.28. The summed E-state index contributed by atoms with van der Waals surface area (Å²) in [6.07, 6.45) is -0.657. The van der Waals surface area contributed by atoms with Gasteiger partial charge in [0, 0.05) is 23.9 Å². The summed E-state index contributed by atoms with van der Waals surface area (Å²) in [5, 5.41) is 2.90. The van der Waals surface area contributed by atoms with Crippen LogP contribution in [-0.2, 0) is 9.53 Å². The highest BCUT2D eigenvalue weighted by Crippen LogP contribution is 2.19. The largest absolute Gasteiger partial charge is 0.367 e. The van der Waals surface area contributed by atoms with Crippen LogP contribution in [0.2, 0.25) is 0 Å². The second kappa shape index (κ2) is 8.66. The van der Waals surface area contributed by atoms with Crippen LogP contribution in [0.4, 0.5) is 5.69 Å². The maximum Gasteiger partial charge on any atom is 0.258 e.